The van der Waals surface area contributed by atoms with Crippen LogP contribution in [0, 0.1) is 0 Å². The fourth-order valence-electron chi connectivity index (χ4n) is 2.06. The molecule has 1 aromatic carbocycles. The highest BCUT2D eigenvalue weighted by Gasteiger charge is 2.18. The van der Waals surface area contributed by atoms with Crippen molar-refractivity contribution in [3.8, 4) is 5.75 Å². The van der Waals surface area contributed by atoms with E-state index in [0.29, 0.717) is 15.8 Å². The third-order valence-electron chi connectivity index (χ3n) is 3.00. The molecule has 0 aliphatic heterocycles. The van der Waals surface area contributed by atoms with Crippen molar-refractivity contribution in [2.24, 2.45) is 0 Å². The first kappa shape index (κ1) is 15.1. The smallest absolute Gasteiger partial charge is 0.137 e. The van der Waals surface area contributed by atoms with Crippen LogP contribution in [0.3, 0.4) is 0 Å². The molecule has 1 N–H and O–H groups in total. The van der Waals surface area contributed by atoms with Crippen LogP contribution in [0.25, 0.3) is 0 Å². The van der Waals surface area contributed by atoms with Crippen LogP contribution in [0.5, 0.6) is 5.75 Å². The summed E-state index contributed by atoms with van der Waals surface area (Å²) in [4.78, 5) is 4.20. The number of halogens is 2. The number of nitrogens with one attached hydrogen (secondary N) is 1. The SMILES string of the molecule is CCNC(c1cncc(OC)c1)c1cccc(Cl)c1Cl. The molecule has 0 bridgehead atoms. The van der Waals surface area contributed by atoms with Crippen LogP contribution in [0.4, 0.5) is 0 Å². The number of hydrogen-bond acceptors (Lipinski definition) is 3. The number of aromatic nitrogens is 1. The van der Waals surface area contributed by atoms with Gasteiger partial charge in [0.15, 0.2) is 0 Å². The van der Waals surface area contributed by atoms with Gasteiger partial charge in [0.2, 0.25) is 0 Å². The van der Waals surface area contributed by atoms with Gasteiger partial charge in [-0.2, -0.15) is 0 Å². The molecule has 2 aromatic rings. The molecule has 0 radical (unpaired) electrons. The summed E-state index contributed by atoms with van der Waals surface area (Å²) in [5, 5.41) is 4.50. The van der Waals surface area contributed by atoms with E-state index in [9.17, 15) is 0 Å². The number of ether oxygens (including phenoxy) is 1. The third-order valence-corrected chi connectivity index (χ3v) is 3.84. The lowest BCUT2D eigenvalue weighted by atomic mass is 10.00. The van der Waals surface area contributed by atoms with Gasteiger partial charge in [0.1, 0.15) is 5.75 Å². The van der Waals surface area contributed by atoms with Crippen LogP contribution >= 0.6 is 23.2 Å². The maximum absolute atomic E-state index is 6.32. The Hall–Kier alpha value is -1.29. The maximum Gasteiger partial charge on any atom is 0.137 e. The van der Waals surface area contributed by atoms with E-state index in [2.05, 4.69) is 10.3 Å². The monoisotopic (exact) mass is 310 g/mol. The maximum atomic E-state index is 6.32. The Kier molecular flexibility index (Phi) is 5.24. The van der Waals surface area contributed by atoms with Crippen molar-refractivity contribution in [2.45, 2.75) is 13.0 Å². The van der Waals surface area contributed by atoms with E-state index < -0.39 is 0 Å². The minimum absolute atomic E-state index is 0.0752. The molecule has 1 aromatic heterocycles. The normalized spacial score (nSPS) is 12.2. The molecule has 3 nitrogen and oxygen atoms in total. The number of pyridine rings is 1. The van der Waals surface area contributed by atoms with Gasteiger partial charge in [-0.25, -0.2) is 0 Å². The highest BCUT2D eigenvalue weighted by atomic mass is 35.5. The van der Waals surface area contributed by atoms with Crippen LogP contribution in [-0.4, -0.2) is 18.6 Å². The third kappa shape index (κ3) is 3.23. The van der Waals surface area contributed by atoms with E-state index in [0.717, 1.165) is 17.7 Å². The summed E-state index contributed by atoms with van der Waals surface area (Å²) in [6.45, 7) is 2.84. The molecule has 0 spiro atoms. The van der Waals surface area contributed by atoms with Crippen molar-refractivity contribution in [1.29, 1.82) is 0 Å². The van der Waals surface area contributed by atoms with Crippen molar-refractivity contribution in [3.05, 3.63) is 57.8 Å². The predicted octanol–water partition coefficient (Wildman–Crippen LogP) is 4.10. The summed E-state index contributed by atoms with van der Waals surface area (Å²) in [6, 6.07) is 7.49. The zero-order chi connectivity index (χ0) is 14.5. The average molecular weight is 311 g/mol. The van der Waals surface area contributed by atoms with E-state index >= 15 is 0 Å². The van der Waals surface area contributed by atoms with Crippen LogP contribution in [0.2, 0.25) is 10.0 Å². The predicted molar refractivity (Wildman–Crippen MR) is 82.8 cm³/mol. The molecule has 0 amide bonds. The first-order valence-electron chi connectivity index (χ1n) is 6.33. The molecule has 0 fully saturated rings. The standard InChI is InChI=1S/C15H16Cl2N2O/c1-3-19-15(10-7-11(20-2)9-18-8-10)12-5-4-6-13(16)14(12)17/h4-9,15,19H,3H2,1-2H3. The highest BCUT2D eigenvalue weighted by molar-refractivity contribution is 6.42. The van der Waals surface area contributed by atoms with Crippen LogP contribution in [0.15, 0.2) is 36.7 Å². The van der Waals surface area contributed by atoms with Crippen molar-refractivity contribution < 1.29 is 4.74 Å². The van der Waals surface area contributed by atoms with Gasteiger partial charge in [0.05, 0.1) is 29.4 Å². The van der Waals surface area contributed by atoms with Crippen LogP contribution in [0.1, 0.15) is 24.1 Å². The zero-order valence-corrected chi connectivity index (χ0v) is 12.9. The molecule has 0 aliphatic rings. The van der Waals surface area contributed by atoms with Crippen molar-refractivity contribution in [3.63, 3.8) is 0 Å². The first-order chi connectivity index (χ1) is 9.67. The van der Waals surface area contributed by atoms with E-state index in [4.69, 9.17) is 27.9 Å². The minimum atomic E-state index is -0.0752. The second-order valence-electron chi connectivity index (χ2n) is 4.29. The fourth-order valence-corrected chi connectivity index (χ4v) is 2.48. The van der Waals surface area contributed by atoms with Gasteiger partial charge in [-0.3, -0.25) is 4.98 Å². The van der Waals surface area contributed by atoms with Gasteiger partial charge < -0.3 is 10.1 Å². The number of nitrogens with zero attached hydrogens (tertiary/aromatic N) is 1. The molecular weight excluding hydrogens is 295 g/mol. The molecule has 0 saturated carbocycles. The second-order valence-corrected chi connectivity index (χ2v) is 5.08. The highest BCUT2D eigenvalue weighted by Crippen LogP contribution is 2.33. The van der Waals surface area contributed by atoms with Crippen molar-refractivity contribution in [2.75, 3.05) is 13.7 Å². The van der Waals surface area contributed by atoms with E-state index in [1.807, 2.05) is 25.1 Å². The Morgan fingerprint density at radius 2 is 2.10 bits per heavy atom. The molecular formula is C15H16Cl2N2O. The summed E-state index contributed by atoms with van der Waals surface area (Å²) < 4.78 is 5.22. The first-order valence-corrected chi connectivity index (χ1v) is 7.09. The number of hydrogen-bond donors (Lipinski definition) is 1. The minimum Gasteiger partial charge on any atom is -0.495 e. The van der Waals surface area contributed by atoms with Crippen LogP contribution in [-0.2, 0) is 0 Å². The lowest BCUT2D eigenvalue weighted by Gasteiger charge is -2.20. The molecule has 1 unspecified atom stereocenters. The van der Waals surface area contributed by atoms with Crippen molar-refractivity contribution >= 4 is 23.2 Å². The zero-order valence-electron chi connectivity index (χ0n) is 11.4. The number of rotatable bonds is 5. The molecule has 20 heavy (non-hydrogen) atoms. The Labute approximate surface area is 128 Å². The summed E-state index contributed by atoms with van der Waals surface area (Å²) in [7, 11) is 1.62. The lowest BCUT2D eigenvalue weighted by molar-refractivity contribution is 0.411. The molecule has 5 heteroatoms. The fraction of sp³-hybridized carbons (Fsp3) is 0.267. The van der Waals surface area contributed by atoms with Gasteiger partial charge in [0.25, 0.3) is 0 Å². The van der Waals surface area contributed by atoms with E-state index in [-0.39, 0.29) is 6.04 Å². The molecule has 1 atom stereocenters. The van der Waals surface area contributed by atoms with Crippen LogP contribution < -0.4 is 10.1 Å². The van der Waals surface area contributed by atoms with Gasteiger partial charge in [-0.1, -0.05) is 42.3 Å². The molecule has 106 valence electrons. The van der Waals surface area contributed by atoms with Crippen molar-refractivity contribution in [1.82, 2.24) is 10.3 Å². The summed E-state index contributed by atoms with van der Waals surface area (Å²) >= 11 is 12.4. The Balaban J connectivity index is 2.47. The van der Waals surface area contributed by atoms with Gasteiger partial charge in [-0.05, 0) is 29.8 Å². The Bertz CT molecular complexity index is 590. The largest absolute Gasteiger partial charge is 0.495 e. The lowest BCUT2D eigenvalue weighted by Crippen LogP contribution is -2.22. The van der Waals surface area contributed by atoms with Gasteiger partial charge >= 0.3 is 0 Å². The summed E-state index contributed by atoms with van der Waals surface area (Å²) in [5.41, 5.74) is 1.91. The Morgan fingerprint density at radius 3 is 2.80 bits per heavy atom. The molecule has 2 rings (SSSR count). The van der Waals surface area contributed by atoms with Gasteiger partial charge in [-0.15, -0.1) is 0 Å². The van der Waals surface area contributed by atoms with Gasteiger partial charge in [0, 0.05) is 6.20 Å². The average Bonchev–Trinajstić information content (AvgIpc) is 2.48. The van der Waals surface area contributed by atoms with E-state index in [1.54, 1.807) is 25.6 Å². The number of benzene rings is 1. The molecule has 0 saturated heterocycles. The van der Waals surface area contributed by atoms with E-state index in [1.165, 1.54) is 0 Å². The topological polar surface area (TPSA) is 34.2 Å². The second kappa shape index (κ2) is 6.93. The summed E-state index contributed by atoms with van der Waals surface area (Å²) in [6.07, 6.45) is 3.47. The molecule has 1 heterocycles. The molecule has 0 aliphatic carbocycles. The number of methoxy groups -OCH3 is 1. The quantitative estimate of drug-likeness (QED) is 0.903. The Morgan fingerprint density at radius 1 is 1.30 bits per heavy atom. The summed E-state index contributed by atoms with van der Waals surface area (Å²) in [5.74, 6) is 0.712.